The molecule has 2 aliphatic heterocycles. The zero-order valence-electron chi connectivity index (χ0n) is 20.7. The summed E-state index contributed by atoms with van der Waals surface area (Å²) in [4.78, 5) is 26.2. The molecule has 0 N–H and O–H groups in total. The van der Waals surface area contributed by atoms with Gasteiger partial charge in [0, 0.05) is 31.7 Å². The van der Waals surface area contributed by atoms with Crippen molar-refractivity contribution < 1.29 is 28.2 Å². The van der Waals surface area contributed by atoms with Gasteiger partial charge in [0.25, 0.3) is 0 Å². The third-order valence-electron chi connectivity index (χ3n) is 6.21. The van der Waals surface area contributed by atoms with Gasteiger partial charge in [-0.15, -0.1) is 0 Å². The number of hydrogen-bond acceptors (Lipinski definition) is 7. The fourth-order valence-electron chi connectivity index (χ4n) is 4.51. The minimum Gasteiger partial charge on any atom is -0.491 e. The number of hydrogen-bond donors (Lipinski definition) is 0. The van der Waals surface area contributed by atoms with Gasteiger partial charge in [0.05, 0.1) is 37.1 Å². The van der Waals surface area contributed by atoms with Gasteiger partial charge in [0.2, 0.25) is 0 Å². The summed E-state index contributed by atoms with van der Waals surface area (Å²) in [5.41, 5.74) is 0.397. The SMILES string of the molecule is CCOC(=O)C1=CN2C(=C(F)C1=C=O)c1c3cccc(OCCCOC)c3nn1CC2C(C)(C)C. The molecule has 2 aromatic rings. The van der Waals surface area contributed by atoms with E-state index in [4.69, 9.17) is 19.3 Å². The lowest BCUT2D eigenvalue weighted by Crippen LogP contribution is -2.48. The molecule has 3 heterocycles. The molecule has 1 unspecified atom stereocenters. The highest BCUT2D eigenvalue weighted by molar-refractivity contribution is 6.03. The smallest absolute Gasteiger partial charge is 0.341 e. The minimum absolute atomic E-state index is 0.105. The van der Waals surface area contributed by atoms with E-state index >= 15 is 4.39 Å². The summed E-state index contributed by atoms with van der Waals surface area (Å²) in [6.45, 7) is 9.34. The summed E-state index contributed by atoms with van der Waals surface area (Å²) in [6, 6.07) is 5.25. The molecule has 2 aliphatic rings. The highest BCUT2D eigenvalue weighted by atomic mass is 19.1. The molecule has 1 aromatic heterocycles. The molecule has 4 rings (SSSR count). The van der Waals surface area contributed by atoms with E-state index in [2.05, 4.69) is 0 Å². The quantitative estimate of drug-likeness (QED) is 0.334. The normalized spacial score (nSPS) is 17.7. The number of esters is 1. The van der Waals surface area contributed by atoms with E-state index < -0.39 is 17.4 Å². The summed E-state index contributed by atoms with van der Waals surface area (Å²) in [7, 11) is 1.64. The lowest BCUT2D eigenvalue weighted by molar-refractivity contribution is -0.138. The number of ether oxygens (including phenoxy) is 3. The summed E-state index contributed by atoms with van der Waals surface area (Å²) in [6.07, 6.45) is 2.23. The van der Waals surface area contributed by atoms with Crippen LogP contribution in [0, 0.1) is 5.41 Å². The van der Waals surface area contributed by atoms with E-state index in [0.29, 0.717) is 42.1 Å². The Morgan fingerprint density at radius 3 is 2.71 bits per heavy atom. The molecular formula is C26H30FN3O5. The van der Waals surface area contributed by atoms with Gasteiger partial charge in [-0.3, -0.25) is 4.68 Å². The monoisotopic (exact) mass is 483 g/mol. The molecule has 0 amide bonds. The largest absolute Gasteiger partial charge is 0.491 e. The van der Waals surface area contributed by atoms with Gasteiger partial charge < -0.3 is 19.1 Å². The highest BCUT2D eigenvalue weighted by Gasteiger charge is 2.44. The van der Waals surface area contributed by atoms with Crippen molar-refractivity contribution in [3.63, 3.8) is 0 Å². The molecular weight excluding hydrogens is 453 g/mol. The van der Waals surface area contributed by atoms with Crippen LogP contribution in [-0.2, 0) is 25.6 Å². The van der Waals surface area contributed by atoms with Crippen molar-refractivity contribution in [2.75, 3.05) is 26.9 Å². The van der Waals surface area contributed by atoms with Crippen LogP contribution in [0.4, 0.5) is 4.39 Å². The van der Waals surface area contributed by atoms with Crippen LogP contribution < -0.4 is 4.74 Å². The number of benzene rings is 1. The molecule has 9 heteroatoms. The zero-order valence-corrected chi connectivity index (χ0v) is 20.7. The third kappa shape index (κ3) is 4.37. The van der Waals surface area contributed by atoms with Crippen molar-refractivity contribution in [3.8, 4) is 5.75 Å². The molecule has 186 valence electrons. The van der Waals surface area contributed by atoms with Gasteiger partial charge in [-0.25, -0.2) is 14.0 Å². The zero-order chi connectivity index (χ0) is 25.3. The molecule has 1 atom stereocenters. The van der Waals surface area contributed by atoms with Crippen molar-refractivity contribution in [1.82, 2.24) is 14.7 Å². The van der Waals surface area contributed by atoms with Gasteiger partial charge >= 0.3 is 5.97 Å². The van der Waals surface area contributed by atoms with Crippen molar-refractivity contribution >= 4 is 28.5 Å². The lowest BCUT2D eigenvalue weighted by atomic mass is 9.82. The number of carbonyl (C=O) groups excluding carboxylic acids is 2. The Balaban J connectivity index is 1.90. The maximum atomic E-state index is 16.1. The Bertz CT molecular complexity index is 1260. The fourth-order valence-corrected chi connectivity index (χ4v) is 4.51. The Morgan fingerprint density at radius 1 is 1.29 bits per heavy atom. The molecule has 0 spiro atoms. The Kier molecular flexibility index (Phi) is 6.83. The van der Waals surface area contributed by atoms with E-state index in [1.807, 2.05) is 39.0 Å². The molecule has 0 fully saturated rings. The molecule has 0 radical (unpaired) electrons. The highest BCUT2D eigenvalue weighted by Crippen LogP contribution is 2.46. The Labute approximate surface area is 203 Å². The summed E-state index contributed by atoms with van der Waals surface area (Å²) in [5.74, 6) is 0.626. The van der Waals surface area contributed by atoms with Crippen LogP contribution in [0.15, 0.2) is 41.4 Å². The van der Waals surface area contributed by atoms with Gasteiger partial charge in [0.15, 0.2) is 5.83 Å². The lowest BCUT2D eigenvalue weighted by Gasteiger charge is -2.45. The van der Waals surface area contributed by atoms with Crippen LogP contribution in [0.1, 0.15) is 39.8 Å². The fraction of sp³-hybridized carbons (Fsp3) is 0.462. The van der Waals surface area contributed by atoms with Crippen LogP contribution in [0.5, 0.6) is 5.75 Å². The summed E-state index contributed by atoms with van der Waals surface area (Å²) < 4.78 is 34.0. The topological polar surface area (TPSA) is 82.9 Å². The number of aromatic nitrogens is 2. The minimum atomic E-state index is -0.825. The van der Waals surface area contributed by atoms with Crippen LogP contribution >= 0.6 is 0 Å². The average Bonchev–Trinajstić information content (AvgIpc) is 3.19. The number of rotatable bonds is 7. The van der Waals surface area contributed by atoms with Crippen LogP contribution in [0.25, 0.3) is 16.6 Å². The number of halogens is 1. The second kappa shape index (κ2) is 9.68. The predicted molar refractivity (Wildman–Crippen MR) is 129 cm³/mol. The second-order valence-corrected chi connectivity index (χ2v) is 9.57. The van der Waals surface area contributed by atoms with Gasteiger partial charge in [-0.05, 0) is 18.4 Å². The first-order valence-corrected chi connectivity index (χ1v) is 11.7. The molecule has 8 nitrogen and oxygen atoms in total. The van der Waals surface area contributed by atoms with Crippen molar-refractivity contribution in [1.29, 1.82) is 0 Å². The molecule has 1 aromatic carbocycles. The predicted octanol–water partition coefficient (Wildman–Crippen LogP) is 4.04. The van der Waals surface area contributed by atoms with Gasteiger partial charge in [-0.2, -0.15) is 5.10 Å². The van der Waals surface area contributed by atoms with Gasteiger partial charge in [-0.1, -0.05) is 32.9 Å². The van der Waals surface area contributed by atoms with Gasteiger partial charge in [0.1, 0.15) is 28.5 Å². The molecule has 0 bridgehead atoms. The van der Waals surface area contributed by atoms with Crippen LogP contribution in [0.2, 0.25) is 0 Å². The first kappa shape index (κ1) is 24.7. The molecule has 35 heavy (non-hydrogen) atoms. The van der Waals surface area contributed by atoms with E-state index in [1.54, 1.807) is 29.6 Å². The van der Waals surface area contributed by atoms with Crippen LogP contribution in [0.3, 0.4) is 0 Å². The van der Waals surface area contributed by atoms with E-state index in [1.165, 1.54) is 6.20 Å². The average molecular weight is 484 g/mol. The second-order valence-electron chi connectivity index (χ2n) is 9.57. The number of carbonyl (C=O) groups is 1. The summed E-state index contributed by atoms with van der Waals surface area (Å²) in [5, 5.41) is 5.48. The number of allylic oxidation sites excluding steroid dienone is 1. The number of nitrogens with zero attached hydrogens (tertiary/aromatic N) is 3. The van der Waals surface area contributed by atoms with Crippen LogP contribution in [-0.4, -0.2) is 59.6 Å². The molecule has 0 saturated carbocycles. The van der Waals surface area contributed by atoms with E-state index in [-0.39, 0.29) is 29.3 Å². The Morgan fingerprint density at radius 2 is 2.06 bits per heavy atom. The first-order valence-electron chi connectivity index (χ1n) is 11.7. The van der Waals surface area contributed by atoms with E-state index in [0.717, 1.165) is 6.42 Å². The van der Waals surface area contributed by atoms with Crippen molar-refractivity contribution in [2.24, 2.45) is 5.41 Å². The number of methoxy groups -OCH3 is 1. The summed E-state index contributed by atoms with van der Waals surface area (Å²) >= 11 is 0. The first-order chi connectivity index (χ1) is 16.7. The van der Waals surface area contributed by atoms with Crippen molar-refractivity contribution in [3.05, 3.63) is 47.1 Å². The number of fused-ring (bicyclic) bond motifs is 5. The van der Waals surface area contributed by atoms with Crippen molar-refractivity contribution in [2.45, 2.75) is 46.7 Å². The van der Waals surface area contributed by atoms with E-state index in [9.17, 15) is 9.59 Å². The Hall–Kier alpha value is -3.42. The third-order valence-corrected chi connectivity index (χ3v) is 6.21. The molecule has 0 aliphatic carbocycles. The standard InChI is InChI=1S/C26H30FN3O5/c1-6-34-25(32)17-13-29-20(26(2,3)4)14-30-23(24(29)21(27)18(17)15-31)16-9-7-10-19(22(16)28-30)35-12-8-11-33-5/h7,9-10,13,20H,6,8,11-12,14H2,1-5H3. The maximum absolute atomic E-state index is 16.1. The molecule has 0 saturated heterocycles. The maximum Gasteiger partial charge on any atom is 0.341 e.